The first kappa shape index (κ1) is 21.6. The van der Waals surface area contributed by atoms with Crippen LogP contribution < -0.4 is 0 Å². The Kier molecular flexibility index (Phi) is 6.11. The van der Waals surface area contributed by atoms with Crippen molar-refractivity contribution in [3.63, 3.8) is 0 Å². The first-order chi connectivity index (χ1) is 14.4. The summed E-state index contributed by atoms with van der Waals surface area (Å²) in [7, 11) is 3.49. The molecule has 1 aromatic rings. The summed E-state index contributed by atoms with van der Waals surface area (Å²) in [5.41, 5.74) is 1.26. The molecule has 1 amide bonds. The van der Waals surface area contributed by atoms with E-state index in [-0.39, 0.29) is 17.3 Å². The van der Waals surface area contributed by atoms with E-state index in [4.69, 9.17) is 14.2 Å². The van der Waals surface area contributed by atoms with Gasteiger partial charge >= 0.3 is 6.09 Å². The lowest BCUT2D eigenvalue weighted by Gasteiger charge is -2.58. The number of hydrogen-bond acceptors (Lipinski definition) is 5. The molecule has 3 fully saturated rings. The molecular formula is C24H36N2O4. The summed E-state index contributed by atoms with van der Waals surface area (Å²) in [4.78, 5) is 17.1. The molecule has 2 heterocycles. The van der Waals surface area contributed by atoms with E-state index in [9.17, 15) is 4.79 Å². The first-order valence-electron chi connectivity index (χ1n) is 11.2. The summed E-state index contributed by atoms with van der Waals surface area (Å²) in [6.07, 6.45) is 2.81. The first-order valence-corrected chi connectivity index (χ1v) is 11.2. The van der Waals surface area contributed by atoms with Gasteiger partial charge < -0.3 is 19.1 Å². The number of nitrogens with zero attached hydrogens (tertiary/aromatic N) is 2. The maximum absolute atomic E-state index is 12.5. The minimum atomic E-state index is -0.382. The highest BCUT2D eigenvalue weighted by atomic mass is 16.7. The van der Waals surface area contributed by atoms with E-state index in [1.165, 1.54) is 0 Å². The lowest BCUT2D eigenvalue weighted by molar-refractivity contribution is -0.282. The molecule has 0 unspecified atom stereocenters. The molecule has 6 heteroatoms. The largest absolute Gasteiger partial charge is 0.445 e. The van der Waals surface area contributed by atoms with Gasteiger partial charge in [0.15, 0.2) is 5.79 Å². The second-order valence-corrected chi connectivity index (χ2v) is 9.84. The monoisotopic (exact) mass is 416 g/mol. The standard InChI is InChI=1S/C24H36N2O4/c1-18(2)21(20-12-24(13-20,28-3)29-4)26-16-23(17-26)10-11-25(15-23)22(27)30-14-19-8-6-5-7-9-19/h5-9,18,20-21H,10-17H2,1-4H3/t21-/m0/s1. The Hall–Kier alpha value is -1.63. The van der Waals surface area contributed by atoms with Gasteiger partial charge in [0, 0.05) is 64.7 Å². The second kappa shape index (κ2) is 8.48. The highest BCUT2D eigenvalue weighted by molar-refractivity contribution is 5.68. The summed E-state index contributed by atoms with van der Waals surface area (Å²) in [5.74, 6) is 0.815. The molecule has 0 N–H and O–H groups in total. The summed E-state index contributed by atoms with van der Waals surface area (Å²) in [5, 5.41) is 0. The van der Waals surface area contributed by atoms with Gasteiger partial charge in [0.2, 0.25) is 0 Å². The fourth-order valence-corrected chi connectivity index (χ4v) is 5.85. The number of benzene rings is 1. The van der Waals surface area contributed by atoms with E-state index in [0.717, 1.165) is 51.0 Å². The van der Waals surface area contributed by atoms with Crippen LogP contribution in [-0.4, -0.2) is 68.1 Å². The highest BCUT2D eigenvalue weighted by Gasteiger charge is 2.56. The van der Waals surface area contributed by atoms with Crippen molar-refractivity contribution in [1.82, 2.24) is 9.80 Å². The van der Waals surface area contributed by atoms with E-state index < -0.39 is 0 Å². The Bertz CT molecular complexity index is 720. The summed E-state index contributed by atoms with van der Waals surface area (Å²) < 4.78 is 16.8. The zero-order chi connectivity index (χ0) is 21.4. The molecule has 1 aromatic carbocycles. The highest BCUT2D eigenvalue weighted by Crippen LogP contribution is 2.49. The fourth-order valence-electron chi connectivity index (χ4n) is 5.85. The van der Waals surface area contributed by atoms with Crippen LogP contribution in [0, 0.1) is 17.3 Å². The molecule has 1 aliphatic carbocycles. The number of methoxy groups -OCH3 is 2. The number of likely N-dealkylation sites (tertiary alicyclic amines) is 2. The topological polar surface area (TPSA) is 51.2 Å². The van der Waals surface area contributed by atoms with Crippen LogP contribution in [0.25, 0.3) is 0 Å². The number of carbonyl (C=O) groups excluding carboxylic acids is 1. The van der Waals surface area contributed by atoms with E-state index >= 15 is 0 Å². The van der Waals surface area contributed by atoms with Crippen molar-refractivity contribution in [3.05, 3.63) is 35.9 Å². The SMILES string of the molecule is COC1(OC)CC([C@H](C(C)C)N2CC3(CCN(C(=O)OCc4ccccc4)C3)C2)C1. The average molecular weight is 417 g/mol. The third-order valence-electron chi connectivity index (χ3n) is 7.46. The van der Waals surface area contributed by atoms with Gasteiger partial charge in [-0.3, -0.25) is 4.90 Å². The van der Waals surface area contributed by atoms with Crippen molar-refractivity contribution in [1.29, 1.82) is 0 Å². The number of rotatable bonds is 7. The quantitative estimate of drug-likeness (QED) is 0.634. The Balaban J connectivity index is 1.27. The third-order valence-corrected chi connectivity index (χ3v) is 7.46. The zero-order valence-electron chi connectivity index (χ0n) is 18.8. The van der Waals surface area contributed by atoms with Gasteiger partial charge in [-0.25, -0.2) is 4.79 Å². The number of carbonyl (C=O) groups is 1. The van der Waals surface area contributed by atoms with Crippen molar-refractivity contribution in [2.45, 2.75) is 51.5 Å². The van der Waals surface area contributed by atoms with Crippen LogP contribution in [-0.2, 0) is 20.8 Å². The predicted octanol–water partition coefficient (Wildman–Crippen LogP) is 3.75. The molecular weight excluding hydrogens is 380 g/mol. The fraction of sp³-hybridized carbons (Fsp3) is 0.708. The molecule has 6 nitrogen and oxygen atoms in total. The van der Waals surface area contributed by atoms with Crippen LogP contribution >= 0.6 is 0 Å². The minimum Gasteiger partial charge on any atom is -0.445 e. The Morgan fingerprint density at radius 1 is 1.10 bits per heavy atom. The number of ether oxygens (including phenoxy) is 3. The lowest BCUT2D eigenvalue weighted by Crippen LogP contribution is -2.66. The second-order valence-electron chi connectivity index (χ2n) is 9.84. The molecule has 0 bridgehead atoms. The van der Waals surface area contributed by atoms with Crippen LogP contribution in [0.2, 0.25) is 0 Å². The molecule has 2 aliphatic heterocycles. The van der Waals surface area contributed by atoms with Crippen LogP contribution in [0.3, 0.4) is 0 Å². The van der Waals surface area contributed by atoms with Gasteiger partial charge in [-0.05, 0) is 23.8 Å². The van der Waals surface area contributed by atoms with Gasteiger partial charge in [0.1, 0.15) is 6.61 Å². The minimum absolute atomic E-state index is 0.182. The van der Waals surface area contributed by atoms with Gasteiger partial charge in [-0.2, -0.15) is 0 Å². The van der Waals surface area contributed by atoms with Crippen LogP contribution in [0.15, 0.2) is 30.3 Å². The molecule has 2 saturated heterocycles. The molecule has 3 aliphatic rings. The Morgan fingerprint density at radius 3 is 2.37 bits per heavy atom. The van der Waals surface area contributed by atoms with E-state index in [1.54, 1.807) is 14.2 Å². The molecule has 0 radical (unpaired) electrons. The third kappa shape index (κ3) is 4.10. The zero-order valence-corrected chi connectivity index (χ0v) is 18.8. The maximum atomic E-state index is 12.5. The van der Waals surface area contributed by atoms with Crippen molar-refractivity contribution < 1.29 is 19.0 Å². The van der Waals surface area contributed by atoms with Gasteiger partial charge in [-0.15, -0.1) is 0 Å². The number of hydrogen-bond donors (Lipinski definition) is 0. The molecule has 166 valence electrons. The number of amides is 1. The Morgan fingerprint density at radius 2 is 1.77 bits per heavy atom. The normalized spacial score (nSPS) is 24.0. The summed E-state index contributed by atoms with van der Waals surface area (Å²) in [6, 6.07) is 10.4. The van der Waals surface area contributed by atoms with Crippen LogP contribution in [0.1, 0.15) is 38.7 Å². The van der Waals surface area contributed by atoms with Gasteiger partial charge in [-0.1, -0.05) is 44.2 Å². The average Bonchev–Trinajstić information content (AvgIpc) is 3.14. The van der Waals surface area contributed by atoms with Crippen molar-refractivity contribution in [2.24, 2.45) is 17.3 Å². The molecule has 1 atom stereocenters. The molecule has 0 aromatic heterocycles. The molecule has 1 spiro atoms. The maximum Gasteiger partial charge on any atom is 0.410 e. The molecule has 4 rings (SSSR count). The van der Waals surface area contributed by atoms with Gasteiger partial charge in [0.25, 0.3) is 0 Å². The van der Waals surface area contributed by atoms with Crippen molar-refractivity contribution >= 4 is 6.09 Å². The lowest BCUT2D eigenvalue weighted by atomic mass is 9.67. The summed E-state index contributed by atoms with van der Waals surface area (Å²) in [6.45, 7) is 8.73. The summed E-state index contributed by atoms with van der Waals surface area (Å²) >= 11 is 0. The van der Waals surface area contributed by atoms with E-state index in [0.29, 0.717) is 24.5 Å². The van der Waals surface area contributed by atoms with Gasteiger partial charge in [0.05, 0.1) is 0 Å². The molecule has 30 heavy (non-hydrogen) atoms. The van der Waals surface area contributed by atoms with Crippen molar-refractivity contribution in [3.8, 4) is 0 Å². The smallest absolute Gasteiger partial charge is 0.410 e. The molecule has 1 saturated carbocycles. The van der Waals surface area contributed by atoms with E-state index in [1.807, 2.05) is 35.2 Å². The van der Waals surface area contributed by atoms with Crippen LogP contribution in [0.4, 0.5) is 4.79 Å². The Labute approximate surface area is 180 Å². The van der Waals surface area contributed by atoms with Crippen molar-refractivity contribution in [2.75, 3.05) is 40.4 Å². The van der Waals surface area contributed by atoms with E-state index in [2.05, 4.69) is 18.7 Å². The van der Waals surface area contributed by atoms with Crippen LogP contribution in [0.5, 0.6) is 0 Å². The predicted molar refractivity (Wildman–Crippen MR) is 115 cm³/mol.